The number of carbonyl (C=O) groups excluding carboxylic acids is 1. The normalized spacial score (nSPS) is 12.7. The van der Waals surface area contributed by atoms with Gasteiger partial charge >= 0.3 is 0 Å². The van der Waals surface area contributed by atoms with Crippen molar-refractivity contribution in [3.63, 3.8) is 0 Å². The van der Waals surface area contributed by atoms with Gasteiger partial charge in [-0.2, -0.15) is 0 Å². The molecule has 120 valence electrons. The summed E-state index contributed by atoms with van der Waals surface area (Å²) in [5.41, 5.74) is 5.80. The van der Waals surface area contributed by atoms with E-state index >= 15 is 0 Å². The molecule has 0 heterocycles. The first-order valence-corrected chi connectivity index (χ1v) is 8.16. The SMILES string of the molecule is C[C@@H](CN)NC(=O)c1ccc(S(=O)(=O)N(C)C)c(Br)c1.Cl. The van der Waals surface area contributed by atoms with Crippen molar-refractivity contribution in [1.29, 1.82) is 0 Å². The Morgan fingerprint density at radius 1 is 1.43 bits per heavy atom. The number of halogens is 2. The van der Waals surface area contributed by atoms with E-state index in [0.29, 0.717) is 16.6 Å². The highest BCUT2D eigenvalue weighted by Gasteiger charge is 2.21. The monoisotopic (exact) mass is 399 g/mol. The lowest BCUT2D eigenvalue weighted by molar-refractivity contribution is 0.0941. The Balaban J connectivity index is 0.00000400. The molecular formula is C12H19BrClN3O3S. The Morgan fingerprint density at radius 3 is 2.43 bits per heavy atom. The molecule has 0 saturated heterocycles. The maximum absolute atomic E-state index is 12.0. The summed E-state index contributed by atoms with van der Waals surface area (Å²) in [5, 5.41) is 2.71. The van der Waals surface area contributed by atoms with E-state index in [1.165, 1.54) is 32.3 Å². The number of nitrogens with zero attached hydrogens (tertiary/aromatic N) is 1. The largest absolute Gasteiger partial charge is 0.348 e. The molecule has 0 unspecified atom stereocenters. The van der Waals surface area contributed by atoms with Crippen LogP contribution in [-0.4, -0.2) is 45.3 Å². The van der Waals surface area contributed by atoms with Crippen molar-refractivity contribution in [2.45, 2.75) is 17.9 Å². The zero-order chi connectivity index (χ0) is 15.5. The molecule has 1 amide bonds. The van der Waals surface area contributed by atoms with Crippen LogP contribution in [0.3, 0.4) is 0 Å². The minimum atomic E-state index is -3.54. The Labute approximate surface area is 139 Å². The summed E-state index contributed by atoms with van der Waals surface area (Å²) >= 11 is 3.19. The van der Waals surface area contributed by atoms with Crippen LogP contribution in [0.15, 0.2) is 27.6 Å². The van der Waals surface area contributed by atoms with Crippen LogP contribution in [0.1, 0.15) is 17.3 Å². The van der Waals surface area contributed by atoms with E-state index in [-0.39, 0.29) is 29.3 Å². The predicted molar refractivity (Wildman–Crippen MR) is 88.2 cm³/mol. The molecule has 3 N–H and O–H groups in total. The van der Waals surface area contributed by atoms with E-state index in [1.807, 2.05) is 0 Å². The van der Waals surface area contributed by atoms with Crippen LogP contribution in [0.25, 0.3) is 0 Å². The maximum atomic E-state index is 12.0. The molecule has 9 heteroatoms. The van der Waals surface area contributed by atoms with E-state index in [4.69, 9.17) is 5.73 Å². The first kappa shape index (κ1) is 20.3. The molecule has 0 saturated carbocycles. The second-order valence-electron chi connectivity index (χ2n) is 4.54. The zero-order valence-electron chi connectivity index (χ0n) is 12.0. The number of sulfonamides is 1. The summed E-state index contributed by atoms with van der Waals surface area (Å²) in [7, 11) is -0.644. The number of benzene rings is 1. The van der Waals surface area contributed by atoms with Gasteiger partial charge in [0.2, 0.25) is 10.0 Å². The molecule has 0 aliphatic heterocycles. The average Bonchev–Trinajstić information content (AvgIpc) is 2.37. The van der Waals surface area contributed by atoms with Gasteiger partial charge in [0.25, 0.3) is 5.91 Å². The van der Waals surface area contributed by atoms with Gasteiger partial charge in [-0.3, -0.25) is 4.79 Å². The average molecular weight is 401 g/mol. The van der Waals surface area contributed by atoms with Crippen LogP contribution in [0.2, 0.25) is 0 Å². The van der Waals surface area contributed by atoms with Gasteiger partial charge in [0, 0.05) is 36.7 Å². The molecule has 1 aromatic rings. The van der Waals surface area contributed by atoms with Crippen molar-refractivity contribution in [2.24, 2.45) is 5.73 Å². The van der Waals surface area contributed by atoms with Crippen LogP contribution >= 0.6 is 28.3 Å². The molecule has 1 atom stereocenters. The van der Waals surface area contributed by atoms with E-state index in [9.17, 15) is 13.2 Å². The fourth-order valence-corrected chi connectivity index (χ4v) is 3.35. The van der Waals surface area contributed by atoms with E-state index in [2.05, 4.69) is 21.2 Å². The van der Waals surface area contributed by atoms with Crippen molar-refractivity contribution in [2.75, 3.05) is 20.6 Å². The smallest absolute Gasteiger partial charge is 0.251 e. The molecule has 0 bridgehead atoms. The van der Waals surface area contributed by atoms with E-state index in [0.717, 1.165) is 4.31 Å². The molecule has 21 heavy (non-hydrogen) atoms. The standard InChI is InChI=1S/C12H18BrN3O3S.ClH/c1-8(7-14)15-12(17)9-4-5-11(10(13)6-9)20(18,19)16(2)3;/h4-6,8H,7,14H2,1-3H3,(H,15,17);1H/t8-;/m0./s1. The summed E-state index contributed by atoms with van der Waals surface area (Å²) in [6, 6.07) is 4.21. The van der Waals surface area contributed by atoms with E-state index in [1.54, 1.807) is 6.92 Å². The van der Waals surface area contributed by atoms with Gasteiger partial charge in [-0.25, -0.2) is 12.7 Å². The van der Waals surface area contributed by atoms with Gasteiger partial charge in [0.05, 0.1) is 4.90 Å². The van der Waals surface area contributed by atoms with Gasteiger partial charge in [-0.15, -0.1) is 12.4 Å². The minimum absolute atomic E-state index is 0. The fourth-order valence-electron chi connectivity index (χ4n) is 1.41. The lowest BCUT2D eigenvalue weighted by atomic mass is 10.2. The third kappa shape index (κ3) is 4.93. The van der Waals surface area contributed by atoms with Crippen LogP contribution < -0.4 is 11.1 Å². The van der Waals surface area contributed by atoms with Gasteiger partial charge in [0.15, 0.2) is 0 Å². The molecule has 0 aromatic heterocycles. The van der Waals surface area contributed by atoms with Crippen LogP contribution in [0.5, 0.6) is 0 Å². The molecule has 0 radical (unpaired) electrons. The number of amides is 1. The number of nitrogens with two attached hydrogens (primary N) is 1. The highest BCUT2D eigenvalue weighted by Crippen LogP contribution is 2.25. The number of carbonyl (C=O) groups is 1. The summed E-state index contributed by atoms with van der Waals surface area (Å²) in [6.45, 7) is 2.12. The highest BCUT2D eigenvalue weighted by molar-refractivity contribution is 9.10. The summed E-state index contributed by atoms with van der Waals surface area (Å²) in [5.74, 6) is -0.294. The Morgan fingerprint density at radius 2 is 2.00 bits per heavy atom. The predicted octanol–water partition coefficient (Wildman–Crippen LogP) is 1.20. The van der Waals surface area contributed by atoms with Crippen molar-refractivity contribution in [1.82, 2.24) is 9.62 Å². The maximum Gasteiger partial charge on any atom is 0.251 e. The first-order chi connectivity index (χ1) is 9.20. The molecular weight excluding hydrogens is 382 g/mol. The molecule has 1 aromatic carbocycles. The second kappa shape index (κ2) is 8.09. The highest BCUT2D eigenvalue weighted by atomic mass is 79.9. The van der Waals surface area contributed by atoms with Crippen LogP contribution in [0.4, 0.5) is 0 Å². The fraction of sp³-hybridized carbons (Fsp3) is 0.417. The number of nitrogens with one attached hydrogen (secondary N) is 1. The van der Waals surface area contributed by atoms with Crippen LogP contribution in [-0.2, 0) is 10.0 Å². The summed E-state index contributed by atoms with van der Waals surface area (Å²) in [4.78, 5) is 12.0. The van der Waals surface area contributed by atoms with Crippen molar-refractivity contribution < 1.29 is 13.2 Å². The Hall–Kier alpha value is -0.670. The zero-order valence-corrected chi connectivity index (χ0v) is 15.2. The number of rotatable bonds is 5. The molecule has 0 aliphatic carbocycles. The number of hydrogen-bond acceptors (Lipinski definition) is 4. The molecule has 0 fully saturated rings. The Kier molecular flexibility index (Phi) is 7.83. The number of hydrogen-bond donors (Lipinski definition) is 2. The first-order valence-electron chi connectivity index (χ1n) is 5.93. The van der Waals surface area contributed by atoms with Crippen molar-refractivity contribution in [3.8, 4) is 0 Å². The minimum Gasteiger partial charge on any atom is -0.348 e. The molecule has 0 spiro atoms. The van der Waals surface area contributed by atoms with Crippen molar-refractivity contribution >= 4 is 44.3 Å². The quantitative estimate of drug-likeness (QED) is 0.777. The van der Waals surface area contributed by atoms with Crippen LogP contribution in [0, 0.1) is 0 Å². The van der Waals surface area contributed by atoms with Gasteiger partial charge < -0.3 is 11.1 Å². The third-order valence-corrected chi connectivity index (χ3v) is 5.48. The molecule has 6 nitrogen and oxygen atoms in total. The van der Waals surface area contributed by atoms with Gasteiger partial charge in [-0.05, 0) is 41.1 Å². The summed E-state index contributed by atoms with van der Waals surface area (Å²) in [6.07, 6.45) is 0. The third-order valence-electron chi connectivity index (χ3n) is 2.68. The van der Waals surface area contributed by atoms with Gasteiger partial charge in [0.1, 0.15) is 0 Å². The van der Waals surface area contributed by atoms with Crippen molar-refractivity contribution in [3.05, 3.63) is 28.2 Å². The second-order valence-corrected chi connectivity index (χ2v) is 7.52. The summed E-state index contributed by atoms with van der Waals surface area (Å²) < 4.78 is 25.5. The Bertz CT molecular complexity index is 608. The van der Waals surface area contributed by atoms with Gasteiger partial charge in [-0.1, -0.05) is 0 Å². The molecule has 0 aliphatic rings. The lowest BCUT2D eigenvalue weighted by Gasteiger charge is -2.14. The topological polar surface area (TPSA) is 92.5 Å². The molecule has 1 rings (SSSR count). The lowest BCUT2D eigenvalue weighted by Crippen LogP contribution is -2.37. The van der Waals surface area contributed by atoms with E-state index < -0.39 is 10.0 Å².